The predicted octanol–water partition coefficient (Wildman–Crippen LogP) is 2.01. The van der Waals surface area contributed by atoms with Crippen molar-refractivity contribution in [3.05, 3.63) is 35.4 Å². The van der Waals surface area contributed by atoms with Gasteiger partial charge in [-0.15, -0.1) is 0 Å². The molecule has 1 atom stereocenters. The second kappa shape index (κ2) is 4.84. The highest BCUT2D eigenvalue weighted by Gasteiger charge is 2.22. The molecular formula is C10H11F2NO2. The Morgan fingerprint density at radius 1 is 1.47 bits per heavy atom. The van der Waals surface area contributed by atoms with Crippen LogP contribution >= 0.6 is 0 Å². The second-order valence-corrected chi connectivity index (χ2v) is 2.84. The monoisotopic (exact) mass is 215 g/mol. The van der Waals surface area contributed by atoms with E-state index in [0.717, 1.165) is 12.1 Å². The summed E-state index contributed by atoms with van der Waals surface area (Å²) in [6.07, 6.45) is -1.70. The van der Waals surface area contributed by atoms with Crippen LogP contribution in [0.3, 0.4) is 0 Å². The summed E-state index contributed by atoms with van der Waals surface area (Å²) in [4.78, 5) is 0. The molecule has 0 radical (unpaired) electrons. The van der Waals surface area contributed by atoms with E-state index in [4.69, 9.17) is 5.41 Å². The molecular weight excluding hydrogens is 204 g/mol. The molecule has 0 heterocycles. The molecule has 0 saturated carbocycles. The fourth-order valence-corrected chi connectivity index (χ4v) is 1.14. The molecule has 2 N–H and O–H groups in total. The molecule has 0 amide bonds. The summed E-state index contributed by atoms with van der Waals surface area (Å²) in [6, 6.07) is 3.22. The molecule has 82 valence electrons. The highest BCUT2D eigenvalue weighted by atomic mass is 19.1. The average molecular weight is 215 g/mol. The van der Waals surface area contributed by atoms with E-state index < -0.39 is 29.2 Å². The van der Waals surface area contributed by atoms with Crippen LogP contribution in [0.4, 0.5) is 8.78 Å². The van der Waals surface area contributed by atoms with Crippen molar-refractivity contribution in [2.24, 2.45) is 0 Å². The summed E-state index contributed by atoms with van der Waals surface area (Å²) in [5.74, 6) is -2.36. The Hall–Kier alpha value is -1.49. The zero-order chi connectivity index (χ0) is 11.4. The number of hydrogen-bond acceptors (Lipinski definition) is 3. The Labute approximate surface area is 85.8 Å². The van der Waals surface area contributed by atoms with Gasteiger partial charge in [0.25, 0.3) is 0 Å². The molecule has 0 aliphatic rings. The van der Waals surface area contributed by atoms with Gasteiger partial charge in [0.1, 0.15) is 11.6 Å². The minimum Gasteiger partial charge on any atom is -0.479 e. The summed E-state index contributed by atoms with van der Waals surface area (Å²) >= 11 is 0. The van der Waals surface area contributed by atoms with Gasteiger partial charge in [0.15, 0.2) is 6.10 Å². The van der Waals surface area contributed by atoms with Crippen molar-refractivity contribution >= 4 is 5.90 Å². The van der Waals surface area contributed by atoms with Gasteiger partial charge in [-0.3, -0.25) is 5.41 Å². The summed E-state index contributed by atoms with van der Waals surface area (Å²) in [5, 5.41) is 16.7. The first-order chi connectivity index (χ1) is 7.07. The molecule has 0 saturated heterocycles. The molecule has 0 aliphatic heterocycles. The topological polar surface area (TPSA) is 53.3 Å². The Balaban J connectivity index is 3.00. The molecule has 1 rings (SSSR count). The first-order valence-electron chi connectivity index (χ1n) is 4.41. The van der Waals surface area contributed by atoms with Crippen LogP contribution in [0.25, 0.3) is 0 Å². The van der Waals surface area contributed by atoms with Crippen molar-refractivity contribution < 1.29 is 18.6 Å². The van der Waals surface area contributed by atoms with Gasteiger partial charge in [0, 0.05) is 0 Å². The molecule has 0 aliphatic carbocycles. The van der Waals surface area contributed by atoms with E-state index in [2.05, 4.69) is 4.74 Å². The number of ether oxygens (including phenoxy) is 1. The van der Waals surface area contributed by atoms with Crippen molar-refractivity contribution in [2.75, 3.05) is 6.61 Å². The molecule has 0 spiro atoms. The first kappa shape index (κ1) is 11.6. The third kappa shape index (κ3) is 2.50. The molecule has 0 fully saturated rings. The van der Waals surface area contributed by atoms with E-state index in [-0.39, 0.29) is 6.61 Å². The Morgan fingerprint density at radius 2 is 2.00 bits per heavy atom. The predicted molar refractivity (Wildman–Crippen MR) is 50.7 cm³/mol. The standard InChI is InChI=1S/C10H11F2NO2/c1-2-15-10(13)9(14)8-6(11)4-3-5-7(8)12/h3-5,9,13-14H,2H2,1H3/t9-/m0/s1. The van der Waals surface area contributed by atoms with Crippen LogP contribution in [0.15, 0.2) is 18.2 Å². The minimum absolute atomic E-state index is 0.159. The first-order valence-corrected chi connectivity index (χ1v) is 4.41. The Bertz CT molecular complexity index is 348. The molecule has 1 aromatic carbocycles. The van der Waals surface area contributed by atoms with E-state index in [1.54, 1.807) is 6.92 Å². The van der Waals surface area contributed by atoms with Crippen molar-refractivity contribution in [1.29, 1.82) is 5.41 Å². The lowest BCUT2D eigenvalue weighted by Crippen LogP contribution is -2.17. The molecule has 5 heteroatoms. The number of halogens is 2. The van der Waals surface area contributed by atoms with E-state index in [0.29, 0.717) is 0 Å². The zero-order valence-corrected chi connectivity index (χ0v) is 8.13. The number of aliphatic hydroxyl groups excluding tert-OH is 1. The van der Waals surface area contributed by atoms with Gasteiger partial charge in [-0.2, -0.15) is 0 Å². The lowest BCUT2D eigenvalue weighted by molar-refractivity contribution is 0.183. The van der Waals surface area contributed by atoms with Crippen LogP contribution in [0, 0.1) is 17.0 Å². The normalized spacial score (nSPS) is 12.3. The highest BCUT2D eigenvalue weighted by molar-refractivity contribution is 5.79. The maximum Gasteiger partial charge on any atom is 0.215 e. The molecule has 1 aromatic rings. The molecule has 0 aromatic heterocycles. The van der Waals surface area contributed by atoms with Crippen LogP contribution in [-0.4, -0.2) is 17.6 Å². The number of nitrogens with one attached hydrogen (secondary N) is 1. The summed E-state index contributed by atoms with van der Waals surface area (Å²) in [7, 11) is 0. The van der Waals surface area contributed by atoms with Gasteiger partial charge in [-0.1, -0.05) is 6.07 Å². The third-order valence-electron chi connectivity index (χ3n) is 1.82. The van der Waals surface area contributed by atoms with Crippen molar-refractivity contribution in [1.82, 2.24) is 0 Å². The molecule has 0 unspecified atom stereocenters. The SMILES string of the molecule is CCOC(=N)[C@@H](O)c1c(F)cccc1F. The highest BCUT2D eigenvalue weighted by Crippen LogP contribution is 2.21. The number of aliphatic hydroxyl groups is 1. The minimum atomic E-state index is -1.70. The van der Waals surface area contributed by atoms with Gasteiger partial charge in [0.05, 0.1) is 12.2 Å². The summed E-state index contributed by atoms with van der Waals surface area (Å²) < 4.78 is 31.0. The van der Waals surface area contributed by atoms with Crippen molar-refractivity contribution in [2.45, 2.75) is 13.0 Å². The van der Waals surface area contributed by atoms with E-state index in [1.165, 1.54) is 6.07 Å². The van der Waals surface area contributed by atoms with Crippen molar-refractivity contribution in [3.8, 4) is 0 Å². The number of benzene rings is 1. The van der Waals surface area contributed by atoms with E-state index >= 15 is 0 Å². The Morgan fingerprint density at radius 3 is 2.47 bits per heavy atom. The number of rotatable bonds is 3. The van der Waals surface area contributed by atoms with Crippen LogP contribution in [0.2, 0.25) is 0 Å². The second-order valence-electron chi connectivity index (χ2n) is 2.84. The maximum absolute atomic E-state index is 13.1. The lowest BCUT2D eigenvalue weighted by atomic mass is 10.1. The van der Waals surface area contributed by atoms with Gasteiger partial charge in [0.2, 0.25) is 5.90 Å². The van der Waals surface area contributed by atoms with E-state index in [1.807, 2.05) is 0 Å². The van der Waals surface area contributed by atoms with Gasteiger partial charge < -0.3 is 9.84 Å². The van der Waals surface area contributed by atoms with Gasteiger partial charge >= 0.3 is 0 Å². The largest absolute Gasteiger partial charge is 0.479 e. The smallest absolute Gasteiger partial charge is 0.215 e. The van der Waals surface area contributed by atoms with Crippen LogP contribution in [0.5, 0.6) is 0 Å². The van der Waals surface area contributed by atoms with E-state index in [9.17, 15) is 13.9 Å². The zero-order valence-electron chi connectivity index (χ0n) is 8.13. The van der Waals surface area contributed by atoms with Crippen LogP contribution in [0.1, 0.15) is 18.6 Å². The van der Waals surface area contributed by atoms with Crippen LogP contribution in [-0.2, 0) is 4.74 Å². The van der Waals surface area contributed by atoms with Crippen LogP contribution < -0.4 is 0 Å². The number of hydrogen-bond donors (Lipinski definition) is 2. The van der Waals surface area contributed by atoms with Gasteiger partial charge in [-0.05, 0) is 19.1 Å². The maximum atomic E-state index is 13.1. The molecule has 15 heavy (non-hydrogen) atoms. The van der Waals surface area contributed by atoms with Crippen molar-refractivity contribution in [3.63, 3.8) is 0 Å². The lowest BCUT2D eigenvalue weighted by Gasteiger charge is -2.13. The summed E-state index contributed by atoms with van der Waals surface area (Å²) in [5.41, 5.74) is -0.559. The third-order valence-corrected chi connectivity index (χ3v) is 1.82. The fraction of sp³-hybridized carbons (Fsp3) is 0.300. The Kier molecular flexibility index (Phi) is 3.74. The molecule has 3 nitrogen and oxygen atoms in total. The molecule has 0 bridgehead atoms. The summed E-state index contributed by atoms with van der Waals surface area (Å²) in [6.45, 7) is 1.77. The van der Waals surface area contributed by atoms with Gasteiger partial charge in [-0.25, -0.2) is 8.78 Å². The quantitative estimate of drug-likeness (QED) is 0.598. The fourth-order valence-electron chi connectivity index (χ4n) is 1.14. The average Bonchev–Trinajstić information content (AvgIpc) is 2.17.